The molecule has 100 valence electrons. The Morgan fingerprint density at radius 1 is 1.15 bits per heavy atom. The second-order valence-electron chi connectivity index (χ2n) is 4.27. The van der Waals surface area contributed by atoms with Crippen LogP contribution in [-0.2, 0) is 4.74 Å². The molecule has 0 fully saturated rings. The Morgan fingerprint density at radius 3 is 2.70 bits per heavy atom. The van der Waals surface area contributed by atoms with Crippen LogP contribution in [0.3, 0.4) is 0 Å². The number of fused-ring (bicyclic) bond motifs is 1. The number of aromatic nitrogens is 2. The third-order valence-corrected chi connectivity index (χ3v) is 2.96. The number of hydrogen-bond acceptors (Lipinski definition) is 4. The van der Waals surface area contributed by atoms with E-state index in [0.29, 0.717) is 22.5 Å². The summed E-state index contributed by atoms with van der Waals surface area (Å²) in [7, 11) is 1.36. The van der Waals surface area contributed by atoms with Crippen LogP contribution in [0.5, 0.6) is 0 Å². The summed E-state index contributed by atoms with van der Waals surface area (Å²) in [6.45, 7) is 0. The van der Waals surface area contributed by atoms with Crippen LogP contribution in [0.15, 0.2) is 48.5 Å². The molecule has 0 aliphatic carbocycles. The van der Waals surface area contributed by atoms with Crippen molar-refractivity contribution in [3.8, 4) is 0 Å². The van der Waals surface area contributed by atoms with Crippen LogP contribution in [-0.4, -0.2) is 23.0 Å². The van der Waals surface area contributed by atoms with Gasteiger partial charge in [0, 0.05) is 5.69 Å². The molecule has 1 heterocycles. The van der Waals surface area contributed by atoms with Crippen molar-refractivity contribution < 1.29 is 9.53 Å². The number of rotatable bonds is 3. The number of nitrogens with zero attached hydrogens (tertiary/aromatic N) is 1. The van der Waals surface area contributed by atoms with Gasteiger partial charge < -0.3 is 15.0 Å². The van der Waals surface area contributed by atoms with Crippen LogP contribution in [0, 0.1) is 0 Å². The molecule has 0 saturated carbocycles. The van der Waals surface area contributed by atoms with Gasteiger partial charge in [-0.05, 0) is 24.3 Å². The molecule has 0 radical (unpaired) electrons. The van der Waals surface area contributed by atoms with Gasteiger partial charge in [-0.1, -0.05) is 24.3 Å². The summed E-state index contributed by atoms with van der Waals surface area (Å²) in [5, 5.41) is 3.16. The first kappa shape index (κ1) is 12.2. The van der Waals surface area contributed by atoms with E-state index < -0.39 is 0 Å². The van der Waals surface area contributed by atoms with Gasteiger partial charge in [-0.3, -0.25) is 0 Å². The van der Waals surface area contributed by atoms with Gasteiger partial charge in [0.25, 0.3) is 0 Å². The molecule has 5 nitrogen and oxygen atoms in total. The quantitative estimate of drug-likeness (QED) is 0.715. The average Bonchev–Trinajstić information content (AvgIpc) is 2.89. The molecule has 3 rings (SSSR count). The summed E-state index contributed by atoms with van der Waals surface area (Å²) >= 11 is 0. The molecule has 0 aliphatic rings. The monoisotopic (exact) mass is 267 g/mol. The summed E-state index contributed by atoms with van der Waals surface area (Å²) in [5.41, 5.74) is 2.77. The van der Waals surface area contributed by atoms with Crippen molar-refractivity contribution in [3.63, 3.8) is 0 Å². The summed E-state index contributed by atoms with van der Waals surface area (Å²) in [6, 6.07) is 15.0. The normalized spacial score (nSPS) is 10.4. The molecule has 3 aromatic rings. The second kappa shape index (κ2) is 5.05. The van der Waals surface area contributed by atoms with E-state index in [1.807, 2.05) is 36.4 Å². The lowest BCUT2D eigenvalue weighted by Crippen LogP contribution is -2.01. The highest BCUT2D eigenvalue weighted by atomic mass is 16.5. The van der Waals surface area contributed by atoms with E-state index in [0.717, 1.165) is 5.69 Å². The van der Waals surface area contributed by atoms with Gasteiger partial charge in [0.05, 0.1) is 23.7 Å². The Morgan fingerprint density at radius 2 is 1.95 bits per heavy atom. The lowest BCUT2D eigenvalue weighted by Gasteiger charge is -2.01. The van der Waals surface area contributed by atoms with E-state index in [2.05, 4.69) is 15.3 Å². The number of benzene rings is 2. The van der Waals surface area contributed by atoms with Crippen LogP contribution in [0.4, 0.5) is 11.6 Å². The Hall–Kier alpha value is -2.82. The standard InChI is InChI=1S/C15H13N3O2/c1-20-14(19)11-8-5-9-12-13(11)18-15(17-12)16-10-6-3-2-4-7-10/h2-9H,1H3,(H2,16,17,18). The van der Waals surface area contributed by atoms with Gasteiger partial charge in [-0.15, -0.1) is 0 Å². The fourth-order valence-corrected chi connectivity index (χ4v) is 2.03. The van der Waals surface area contributed by atoms with Gasteiger partial charge in [0.15, 0.2) is 0 Å². The van der Waals surface area contributed by atoms with Crippen molar-refractivity contribution in [1.82, 2.24) is 9.97 Å². The van der Waals surface area contributed by atoms with E-state index in [-0.39, 0.29) is 5.97 Å². The van der Waals surface area contributed by atoms with E-state index in [1.165, 1.54) is 7.11 Å². The predicted octanol–water partition coefficient (Wildman–Crippen LogP) is 3.09. The zero-order valence-corrected chi connectivity index (χ0v) is 10.9. The molecular weight excluding hydrogens is 254 g/mol. The number of anilines is 2. The highest BCUT2D eigenvalue weighted by molar-refractivity contribution is 6.02. The number of nitrogens with one attached hydrogen (secondary N) is 2. The number of carbonyl (C=O) groups excluding carboxylic acids is 1. The van der Waals surface area contributed by atoms with Crippen LogP contribution >= 0.6 is 0 Å². The first-order valence-electron chi connectivity index (χ1n) is 6.17. The minimum Gasteiger partial charge on any atom is -0.465 e. The van der Waals surface area contributed by atoms with Crippen molar-refractivity contribution >= 4 is 28.6 Å². The Bertz CT molecular complexity index is 750. The average molecular weight is 267 g/mol. The minimum absolute atomic E-state index is 0.384. The maximum Gasteiger partial charge on any atom is 0.340 e. The highest BCUT2D eigenvalue weighted by Gasteiger charge is 2.13. The topological polar surface area (TPSA) is 67.0 Å². The molecule has 5 heteroatoms. The van der Waals surface area contributed by atoms with Gasteiger partial charge >= 0.3 is 5.97 Å². The number of para-hydroxylation sites is 2. The molecule has 0 aliphatic heterocycles. The van der Waals surface area contributed by atoms with E-state index in [1.54, 1.807) is 12.1 Å². The fraction of sp³-hybridized carbons (Fsp3) is 0.0667. The zero-order valence-electron chi connectivity index (χ0n) is 10.9. The molecule has 0 bridgehead atoms. The molecule has 2 N–H and O–H groups in total. The van der Waals surface area contributed by atoms with Crippen molar-refractivity contribution in [2.45, 2.75) is 0 Å². The smallest absolute Gasteiger partial charge is 0.340 e. The predicted molar refractivity (Wildman–Crippen MR) is 77.2 cm³/mol. The molecule has 20 heavy (non-hydrogen) atoms. The van der Waals surface area contributed by atoms with E-state index >= 15 is 0 Å². The molecule has 0 saturated heterocycles. The molecule has 0 atom stereocenters. The van der Waals surface area contributed by atoms with Gasteiger partial charge in [-0.25, -0.2) is 9.78 Å². The van der Waals surface area contributed by atoms with Crippen molar-refractivity contribution in [3.05, 3.63) is 54.1 Å². The molecule has 2 aromatic carbocycles. The first-order valence-corrected chi connectivity index (χ1v) is 6.17. The first-order chi connectivity index (χ1) is 9.78. The third-order valence-electron chi connectivity index (χ3n) is 2.96. The van der Waals surface area contributed by atoms with E-state index in [4.69, 9.17) is 4.74 Å². The number of ether oxygens (including phenoxy) is 1. The third kappa shape index (κ3) is 2.21. The van der Waals surface area contributed by atoms with Crippen LogP contribution < -0.4 is 5.32 Å². The van der Waals surface area contributed by atoms with Crippen molar-refractivity contribution in [2.75, 3.05) is 12.4 Å². The number of methoxy groups -OCH3 is 1. The Balaban J connectivity index is 2.00. The zero-order chi connectivity index (χ0) is 13.9. The number of carbonyl (C=O) groups is 1. The number of imidazole rings is 1. The number of hydrogen-bond donors (Lipinski definition) is 2. The summed E-state index contributed by atoms with van der Waals surface area (Å²) < 4.78 is 4.76. The Kier molecular flexibility index (Phi) is 3.09. The minimum atomic E-state index is -0.384. The Labute approximate surface area is 115 Å². The van der Waals surface area contributed by atoms with Gasteiger partial charge in [0.2, 0.25) is 5.95 Å². The van der Waals surface area contributed by atoms with E-state index in [9.17, 15) is 4.79 Å². The van der Waals surface area contributed by atoms with Crippen LogP contribution in [0.2, 0.25) is 0 Å². The summed E-state index contributed by atoms with van der Waals surface area (Å²) in [6.07, 6.45) is 0. The van der Waals surface area contributed by atoms with Crippen LogP contribution in [0.25, 0.3) is 11.0 Å². The number of aromatic amines is 1. The van der Waals surface area contributed by atoms with Crippen molar-refractivity contribution in [1.29, 1.82) is 0 Å². The fourth-order valence-electron chi connectivity index (χ4n) is 2.03. The summed E-state index contributed by atoms with van der Waals surface area (Å²) in [5.74, 6) is 0.202. The largest absolute Gasteiger partial charge is 0.465 e. The maximum atomic E-state index is 11.7. The van der Waals surface area contributed by atoms with Gasteiger partial charge in [-0.2, -0.15) is 0 Å². The molecule has 0 unspecified atom stereocenters. The lowest BCUT2D eigenvalue weighted by atomic mass is 10.2. The number of H-pyrrole nitrogens is 1. The van der Waals surface area contributed by atoms with Crippen molar-refractivity contribution in [2.24, 2.45) is 0 Å². The number of esters is 1. The molecule has 1 aromatic heterocycles. The lowest BCUT2D eigenvalue weighted by molar-refractivity contribution is 0.0603. The molecule has 0 amide bonds. The SMILES string of the molecule is COC(=O)c1cccc2nc(Nc3ccccc3)[nH]c12. The highest BCUT2D eigenvalue weighted by Crippen LogP contribution is 2.21. The van der Waals surface area contributed by atoms with Gasteiger partial charge in [0.1, 0.15) is 0 Å². The second-order valence-corrected chi connectivity index (χ2v) is 4.27. The molecular formula is C15H13N3O2. The summed E-state index contributed by atoms with van der Waals surface area (Å²) in [4.78, 5) is 19.2. The maximum absolute atomic E-state index is 11.7. The molecule has 0 spiro atoms. The van der Waals surface area contributed by atoms with Crippen LogP contribution in [0.1, 0.15) is 10.4 Å².